The molecule has 0 fully saturated rings. The molecule has 230 valence electrons. The van der Waals surface area contributed by atoms with E-state index >= 15 is 0 Å². The lowest BCUT2D eigenvalue weighted by molar-refractivity contribution is 0.0730. The Hall–Kier alpha value is -4.03. The zero-order valence-electron chi connectivity index (χ0n) is 24.3. The third-order valence-corrected chi connectivity index (χ3v) is 10.7. The number of carbonyl (C=O) groups is 1. The molecular formula is C33H35N3O6S2. The maximum absolute atomic E-state index is 13.6. The molecule has 0 saturated heterocycles. The normalized spacial score (nSPS) is 13.9. The van der Waals surface area contributed by atoms with E-state index in [-0.39, 0.29) is 23.5 Å². The molecule has 1 amide bonds. The van der Waals surface area contributed by atoms with E-state index < -0.39 is 38.4 Å². The zero-order valence-corrected chi connectivity index (χ0v) is 26.0. The van der Waals surface area contributed by atoms with Gasteiger partial charge >= 0.3 is 0 Å². The second-order valence-corrected chi connectivity index (χ2v) is 14.0. The van der Waals surface area contributed by atoms with Crippen LogP contribution in [0.5, 0.6) is 11.5 Å². The van der Waals surface area contributed by atoms with Crippen LogP contribution in [0.3, 0.4) is 0 Å². The largest absolute Gasteiger partial charge is 0.504 e. The van der Waals surface area contributed by atoms with Gasteiger partial charge in [0.15, 0.2) is 11.5 Å². The number of sulfonamides is 1. The van der Waals surface area contributed by atoms with Crippen molar-refractivity contribution in [1.29, 1.82) is 0 Å². The van der Waals surface area contributed by atoms with Crippen molar-refractivity contribution in [2.24, 2.45) is 0 Å². The molecule has 0 spiro atoms. The Bertz CT molecular complexity index is 1770. The van der Waals surface area contributed by atoms with Crippen molar-refractivity contribution in [3.63, 3.8) is 0 Å². The van der Waals surface area contributed by atoms with Gasteiger partial charge in [-0.1, -0.05) is 66.7 Å². The van der Waals surface area contributed by atoms with Crippen molar-refractivity contribution in [2.75, 3.05) is 26.7 Å². The highest BCUT2D eigenvalue weighted by Gasteiger charge is 2.29. The first-order chi connectivity index (χ1) is 21.1. The molecule has 11 heteroatoms. The Morgan fingerprint density at radius 2 is 1.57 bits per heavy atom. The van der Waals surface area contributed by atoms with Gasteiger partial charge in [0.1, 0.15) is 11.0 Å². The van der Waals surface area contributed by atoms with Crippen LogP contribution < -0.4 is 4.72 Å². The van der Waals surface area contributed by atoms with E-state index in [9.17, 15) is 27.6 Å². The summed E-state index contributed by atoms with van der Waals surface area (Å²) in [6.45, 7) is 1.22. The molecule has 4 aromatic rings. The summed E-state index contributed by atoms with van der Waals surface area (Å²) < 4.78 is 43.9. The first kappa shape index (κ1) is 31.4. The number of hydrogen-bond donors (Lipinski definition) is 3. The second kappa shape index (κ2) is 13.7. The number of phenols is 2. The summed E-state index contributed by atoms with van der Waals surface area (Å²) in [7, 11) is -4.09. The van der Waals surface area contributed by atoms with Gasteiger partial charge < -0.3 is 15.1 Å². The van der Waals surface area contributed by atoms with Crippen LogP contribution >= 0.6 is 0 Å². The van der Waals surface area contributed by atoms with Crippen LogP contribution in [0.4, 0.5) is 0 Å². The molecule has 4 aromatic carbocycles. The minimum absolute atomic E-state index is 0.178. The molecule has 44 heavy (non-hydrogen) atoms. The van der Waals surface area contributed by atoms with Crippen LogP contribution in [0.15, 0.2) is 101 Å². The van der Waals surface area contributed by atoms with Crippen LogP contribution in [0.2, 0.25) is 0 Å². The number of hydrogen-bond acceptors (Lipinski definition) is 6. The Labute approximate surface area is 260 Å². The van der Waals surface area contributed by atoms with Gasteiger partial charge in [-0.3, -0.25) is 4.79 Å². The van der Waals surface area contributed by atoms with Gasteiger partial charge in [0.2, 0.25) is 10.0 Å². The van der Waals surface area contributed by atoms with Crippen molar-refractivity contribution in [3.05, 3.63) is 119 Å². The smallest absolute Gasteiger partial charge is 0.258 e. The van der Waals surface area contributed by atoms with Crippen LogP contribution in [-0.2, 0) is 46.8 Å². The lowest BCUT2D eigenvalue weighted by Gasteiger charge is -2.29. The lowest BCUT2D eigenvalue weighted by Crippen LogP contribution is -2.36. The van der Waals surface area contributed by atoms with Gasteiger partial charge in [-0.25, -0.2) is 21.7 Å². The van der Waals surface area contributed by atoms with Crippen LogP contribution in [-0.4, -0.2) is 64.6 Å². The van der Waals surface area contributed by atoms with Crippen LogP contribution in [0.25, 0.3) is 0 Å². The van der Waals surface area contributed by atoms with E-state index in [1.807, 2.05) is 72.8 Å². The maximum atomic E-state index is 13.6. The van der Waals surface area contributed by atoms with E-state index in [2.05, 4.69) is 4.72 Å². The van der Waals surface area contributed by atoms with Gasteiger partial charge in [0.25, 0.3) is 5.91 Å². The Balaban J connectivity index is 1.29. The number of rotatable bonds is 11. The summed E-state index contributed by atoms with van der Waals surface area (Å²) in [6, 6.07) is 27.0. The van der Waals surface area contributed by atoms with Gasteiger partial charge in [0, 0.05) is 39.3 Å². The number of benzene rings is 4. The number of carbonyl (C=O) groups excluding carboxylic acids is 1. The molecular weight excluding hydrogens is 599 g/mol. The average Bonchev–Trinajstić information content (AvgIpc) is 3.04. The molecule has 5 rings (SSSR count). The van der Waals surface area contributed by atoms with Crippen molar-refractivity contribution >= 4 is 26.9 Å². The predicted molar refractivity (Wildman–Crippen MR) is 169 cm³/mol. The summed E-state index contributed by atoms with van der Waals surface area (Å²) in [4.78, 5) is 15.4. The molecule has 0 radical (unpaired) electrons. The average molecular weight is 634 g/mol. The fraction of sp³-hybridized carbons (Fsp3) is 0.242. The van der Waals surface area contributed by atoms with Crippen molar-refractivity contribution in [2.45, 2.75) is 35.6 Å². The molecule has 0 aliphatic carbocycles. The quantitative estimate of drug-likeness (QED) is 0.214. The van der Waals surface area contributed by atoms with E-state index in [4.69, 9.17) is 0 Å². The summed E-state index contributed by atoms with van der Waals surface area (Å²) in [5, 5.41) is 21.0. The SMILES string of the molecule is CN(CCc1ccccc1)S(=O)(=O)c1cc(O)c(O)c(C(=O)N2CCc3ccc(S(=O)NCCc4ccccc4)cc3C2)c1. The number of phenolic OH excluding ortho intramolecular Hbond substituents is 2. The highest BCUT2D eigenvalue weighted by atomic mass is 32.2. The fourth-order valence-electron chi connectivity index (χ4n) is 5.15. The monoisotopic (exact) mass is 633 g/mol. The predicted octanol–water partition coefficient (Wildman–Crippen LogP) is 4.01. The number of likely N-dealkylation sites (N-methyl/N-ethyl adjacent to an activating group) is 1. The van der Waals surface area contributed by atoms with Gasteiger partial charge in [0.05, 0.1) is 15.4 Å². The third-order valence-electron chi connectivity index (χ3n) is 7.74. The highest BCUT2D eigenvalue weighted by molar-refractivity contribution is 7.89. The first-order valence-electron chi connectivity index (χ1n) is 14.3. The number of aromatic hydroxyl groups is 2. The molecule has 0 aromatic heterocycles. The summed E-state index contributed by atoms with van der Waals surface area (Å²) in [5.41, 5.74) is 3.64. The number of fused-ring (bicyclic) bond motifs is 1. The Morgan fingerprint density at radius 3 is 2.25 bits per heavy atom. The highest BCUT2D eigenvalue weighted by Crippen LogP contribution is 2.35. The van der Waals surface area contributed by atoms with Crippen LogP contribution in [0, 0.1) is 0 Å². The van der Waals surface area contributed by atoms with Gasteiger partial charge in [-0.05, 0) is 59.7 Å². The third kappa shape index (κ3) is 7.19. The fourth-order valence-corrected chi connectivity index (χ4v) is 7.26. The maximum Gasteiger partial charge on any atom is 0.258 e. The van der Waals surface area contributed by atoms with Crippen molar-refractivity contribution in [3.8, 4) is 11.5 Å². The number of nitrogens with zero attached hydrogens (tertiary/aromatic N) is 2. The van der Waals surface area contributed by atoms with E-state index in [1.54, 1.807) is 6.07 Å². The standard InChI is InChI=1S/C33H35N3O6S2/c1-35(18-15-25-10-6-3-7-11-25)44(41,42)29-21-30(32(38)31(37)22-29)33(39)36-19-16-26-12-13-28(20-27(26)23-36)43(40)34-17-14-24-8-4-2-5-9-24/h2-13,20-22,34,37-38H,14-19,23H2,1H3. The van der Waals surface area contributed by atoms with Gasteiger partial charge in [-0.2, -0.15) is 0 Å². The Morgan fingerprint density at radius 1 is 0.909 bits per heavy atom. The molecule has 3 N–H and O–H groups in total. The minimum atomic E-state index is -4.07. The molecule has 1 heterocycles. The van der Waals surface area contributed by atoms with Crippen LogP contribution in [0.1, 0.15) is 32.6 Å². The molecule has 1 aliphatic heterocycles. The molecule has 1 atom stereocenters. The lowest BCUT2D eigenvalue weighted by atomic mass is 9.99. The first-order valence-corrected chi connectivity index (χ1v) is 16.9. The molecule has 1 aliphatic rings. The second-order valence-electron chi connectivity index (χ2n) is 10.7. The Kier molecular flexibility index (Phi) is 9.80. The number of amides is 1. The summed E-state index contributed by atoms with van der Waals surface area (Å²) >= 11 is 0. The summed E-state index contributed by atoms with van der Waals surface area (Å²) in [6.07, 6.45) is 1.74. The summed E-state index contributed by atoms with van der Waals surface area (Å²) in [5.74, 6) is -1.98. The van der Waals surface area contributed by atoms with Crippen molar-refractivity contribution in [1.82, 2.24) is 13.9 Å². The molecule has 9 nitrogen and oxygen atoms in total. The topological polar surface area (TPSA) is 127 Å². The van der Waals surface area contributed by atoms with Gasteiger partial charge in [-0.15, -0.1) is 0 Å². The molecule has 0 bridgehead atoms. The van der Waals surface area contributed by atoms with Crippen molar-refractivity contribution < 1.29 is 27.6 Å². The van der Waals surface area contributed by atoms with E-state index in [0.29, 0.717) is 30.8 Å². The van der Waals surface area contributed by atoms with E-state index in [1.165, 1.54) is 11.9 Å². The molecule has 1 unspecified atom stereocenters. The number of nitrogens with one attached hydrogen (secondary N) is 1. The molecule has 0 saturated carbocycles. The zero-order chi connectivity index (χ0) is 31.3. The minimum Gasteiger partial charge on any atom is -0.504 e. The van der Waals surface area contributed by atoms with E-state index in [0.717, 1.165) is 45.1 Å².